The number of carbonyl (C=O) groups is 1. The molecule has 3 heteroatoms. The Balaban J connectivity index is 3.30. The summed E-state index contributed by atoms with van der Waals surface area (Å²) in [5.74, 6) is 0.166. The molecule has 0 rings (SSSR count). The molecule has 0 bridgehead atoms. The maximum absolute atomic E-state index is 11.4. The molecule has 2 N–H and O–H groups in total. The second kappa shape index (κ2) is 12.9. The third-order valence-corrected chi connectivity index (χ3v) is 3.16. The minimum Gasteiger partial charge on any atom is -0.356 e. The van der Waals surface area contributed by atoms with E-state index in [1.165, 1.54) is 38.5 Å². The lowest BCUT2D eigenvalue weighted by atomic mass is 10.1. The summed E-state index contributed by atoms with van der Waals surface area (Å²) in [7, 11) is 0. The summed E-state index contributed by atoms with van der Waals surface area (Å²) < 4.78 is 0. The number of amides is 1. The minimum absolute atomic E-state index is 0.166. The lowest BCUT2D eigenvalue weighted by molar-refractivity contribution is -0.121. The maximum Gasteiger partial charge on any atom is 0.221 e. The Hall–Kier alpha value is -0.570. The zero-order chi connectivity index (χ0) is 13.6. The minimum atomic E-state index is 0.166. The van der Waals surface area contributed by atoms with Crippen LogP contribution in [0.3, 0.4) is 0 Å². The molecule has 0 aromatic rings. The summed E-state index contributed by atoms with van der Waals surface area (Å²) in [4.78, 5) is 11.4. The van der Waals surface area contributed by atoms with Gasteiger partial charge >= 0.3 is 0 Å². The van der Waals surface area contributed by atoms with Crippen molar-refractivity contribution in [3.8, 4) is 0 Å². The molecule has 0 aliphatic rings. The molecule has 0 radical (unpaired) electrons. The van der Waals surface area contributed by atoms with Crippen molar-refractivity contribution in [3.05, 3.63) is 0 Å². The normalized spacial score (nSPS) is 12.4. The fourth-order valence-corrected chi connectivity index (χ4v) is 1.94. The van der Waals surface area contributed by atoms with E-state index in [2.05, 4.69) is 31.4 Å². The molecular weight excluding hydrogens is 224 g/mol. The van der Waals surface area contributed by atoms with Gasteiger partial charge in [0, 0.05) is 25.6 Å². The van der Waals surface area contributed by atoms with E-state index in [0.717, 1.165) is 19.5 Å². The molecule has 0 aromatic heterocycles. The van der Waals surface area contributed by atoms with Crippen LogP contribution in [0.5, 0.6) is 0 Å². The highest BCUT2D eigenvalue weighted by Gasteiger charge is 2.03. The molecule has 0 fully saturated rings. The van der Waals surface area contributed by atoms with E-state index in [1.54, 1.807) is 0 Å². The standard InChI is InChI=1S/C15H32N2O/c1-4-6-7-8-9-10-14(3)16-13-11-15(18)17-12-5-2/h14,16H,4-13H2,1-3H3,(H,17,18). The summed E-state index contributed by atoms with van der Waals surface area (Å²) in [5.41, 5.74) is 0. The Labute approximate surface area is 113 Å². The predicted molar refractivity (Wildman–Crippen MR) is 78.8 cm³/mol. The monoisotopic (exact) mass is 256 g/mol. The molecule has 3 nitrogen and oxygen atoms in total. The number of nitrogens with one attached hydrogen (secondary N) is 2. The van der Waals surface area contributed by atoms with Gasteiger partial charge < -0.3 is 10.6 Å². The molecule has 0 aliphatic carbocycles. The van der Waals surface area contributed by atoms with Crippen LogP contribution in [0.25, 0.3) is 0 Å². The third kappa shape index (κ3) is 11.9. The summed E-state index contributed by atoms with van der Waals surface area (Å²) >= 11 is 0. The van der Waals surface area contributed by atoms with Crippen LogP contribution < -0.4 is 10.6 Å². The van der Waals surface area contributed by atoms with E-state index in [9.17, 15) is 4.79 Å². The average Bonchev–Trinajstić information content (AvgIpc) is 2.36. The Morgan fingerprint density at radius 2 is 1.72 bits per heavy atom. The van der Waals surface area contributed by atoms with E-state index in [4.69, 9.17) is 0 Å². The van der Waals surface area contributed by atoms with Gasteiger partial charge in [0.2, 0.25) is 5.91 Å². The fourth-order valence-electron chi connectivity index (χ4n) is 1.94. The summed E-state index contributed by atoms with van der Waals surface area (Å²) in [6.45, 7) is 8.12. The van der Waals surface area contributed by atoms with Crippen LogP contribution in [0, 0.1) is 0 Å². The number of hydrogen-bond donors (Lipinski definition) is 2. The Kier molecular flexibility index (Phi) is 12.5. The van der Waals surface area contributed by atoms with Gasteiger partial charge in [-0.05, 0) is 19.8 Å². The molecule has 108 valence electrons. The van der Waals surface area contributed by atoms with Gasteiger partial charge in [0.05, 0.1) is 0 Å². The molecule has 1 atom stereocenters. The number of hydrogen-bond acceptors (Lipinski definition) is 2. The molecule has 0 aliphatic heterocycles. The average molecular weight is 256 g/mol. The van der Waals surface area contributed by atoms with Gasteiger partial charge in [-0.1, -0.05) is 46.0 Å². The van der Waals surface area contributed by atoms with Gasteiger partial charge in [0.15, 0.2) is 0 Å². The highest BCUT2D eigenvalue weighted by molar-refractivity contribution is 5.75. The number of unbranched alkanes of at least 4 members (excludes halogenated alkanes) is 4. The molecule has 1 unspecified atom stereocenters. The zero-order valence-corrected chi connectivity index (χ0v) is 12.6. The van der Waals surface area contributed by atoms with Crippen molar-refractivity contribution >= 4 is 5.91 Å². The summed E-state index contributed by atoms with van der Waals surface area (Å²) in [5, 5.41) is 6.31. The van der Waals surface area contributed by atoms with Crippen molar-refractivity contribution in [3.63, 3.8) is 0 Å². The van der Waals surface area contributed by atoms with Crippen LogP contribution >= 0.6 is 0 Å². The molecule has 18 heavy (non-hydrogen) atoms. The van der Waals surface area contributed by atoms with Gasteiger partial charge in [-0.25, -0.2) is 0 Å². The van der Waals surface area contributed by atoms with Crippen molar-refractivity contribution in [1.29, 1.82) is 0 Å². The van der Waals surface area contributed by atoms with Crippen molar-refractivity contribution in [1.82, 2.24) is 10.6 Å². The van der Waals surface area contributed by atoms with Gasteiger partial charge in [0.25, 0.3) is 0 Å². The predicted octanol–water partition coefficient (Wildman–Crippen LogP) is 3.24. The molecular formula is C15H32N2O. The molecule has 0 spiro atoms. The van der Waals surface area contributed by atoms with E-state index in [1.807, 2.05) is 0 Å². The van der Waals surface area contributed by atoms with Gasteiger partial charge in [0.1, 0.15) is 0 Å². The fraction of sp³-hybridized carbons (Fsp3) is 0.933. The van der Waals surface area contributed by atoms with Crippen molar-refractivity contribution in [2.75, 3.05) is 13.1 Å². The Morgan fingerprint density at radius 1 is 1.00 bits per heavy atom. The van der Waals surface area contributed by atoms with Crippen LogP contribution in [0.2, 0.25) is 0 Å². The summed E-state index contributed by atoms with van der Waals surface area (Å²) in [6.07, 6.45) is 9.50. The third-order valence-electron chi connectivity index (χ3n) is 3.16. The van der Waals surface area contributed by atoms with Crippen LogP contribution in [0.1, 0.15) is 72.1 Å². The topological polar surface area (TPSA) is 41.1 Å². The van der Waals surface area contributed by atoms with Gasteiger partial charge in [-0.3, -0.25) is 4.79 Å². The van der Waals surface area contributed by atoms with Crippen molar-refractivity contribution in [2.24, 2.45) is 0 Å². The molecule has 0 saturated heterocycles. The van der Waals surface area contributed by atoms with Gasteiger partial charge in [-0.15, -0.1) is 0 Å². The Bertz CT molecular complexity index is 195. The van der Waals surface area contributed by atoms with Gasteiger partial charge in [-0.2, -0.15) is 0 Å². The second-order valence-corrected chi connectivity index (χ2v) is 5.16. The lowest BCUT2D eigenvalue weighted by Crippen LogP contribution is -2.32. The number of rotatable bonds is 12. The van der Waals surface area contributed by atoms with Crippen LogP contribution in [0.4, 0.5) is 0 Å². The van der Waals surface area contributed by atoms with Crippen LogP contribution in [-0.2, 0) is 4.79 Å². The first-order valence-corrected chi connectivity index (χ1v) is 7.70. The first-order valence-electron chi connectivity index (χ1n) is 7.70. The van der Waals surface area contributed by atoms with Crippen LogP contribution in [0.15, 0.2) is 0 Å². The first-order chi connectivity index (χ1) is 8.70. The zero-order valence-electron chi connectivity index (χ0n) is 12.6. The quantitative estimate of drug-likeness (QED) is 0.526. The second-order valence-electron chi connectivity index (χ2n) is 5.16. The smallest absolute Gasteiger partial charge is 0.221 e. The molecule has 0 saturated carbocycles. The maximum atomic E-state index is 11.4. The van der Waals surface area contributed by atoms with E-state index >= 15 is 0 Å². The molecule has 1 amide bonds. The Morgan fingerprint density at radius 3 is 2.39 bits per heavy atom. The highest BCUT2D eigenvalue weighted by Crippen LogP contribution is 2.06. The van der Waals surface area contributed by atoms with Crippen molar-refractivity contribution < 1.29 is 4.79 Å². The first kappa shape index (κ1) is 17.4. The van der Waals surface area contributed by atoms with E-state index in [0.29, 0.717) is 12.5 Å². The number of carbonyl (C=O) groups excluding carboxylic acids is 1. The SMILES string of the molecule is CCCCCCCC(C)NCCC(=O)NCCC. The summed E-state index contributed by atoms with van der Waals surface area (Å²) in [6, 6.07) is 0.533. The van der Waals surface area contributed by atoms with Crippen LogP contribution in [-0.4, -0.2) is 25.0 Å². The highest BCUT2D eigenvalue weighted by atomic mass is 16.1. The molecule has 0 aromatic carbocycles. The van der Waals surface area contributed by atoms with E-state index in [-0.39, 0.29) is 5.91 Å². The van der Waals surface area contributed by atoms with Crippen molar-refractivity contribution in [2.45, 2.75) is 78.2 Å². The van der Waals surface area contributed by atoms with E-state index < -0.39 is 0 Å². The largest absolute Gasteiger partial charge is 0.356 e. The lowest BCUT2D eigenvalue weighted by Gasteiger charge is -2.13. The molecule has 0 heterocycles.